The first-order valence-electron chi connectivity index (χ1n) is 8.82. The highest BCUT2D eigenvalue weighted by Crippen LogP contribution is 2.44. The second-order valence-electron chi connectivity index (χ2n) is 6.70. The fourth-order valence-corrected chi connectivity index (χ4v) is 4.82. The first-order chi connectivity index (χ1) is 13.2. The Balaban J connectivity index is 1.86. The summed E-state index contributed by atoms with van der Waals surface area (Å²) in [7, 11) is 0.756. The number of fused-ring (bicyclic) bond motifs is 5. The summed E-state index contributed by atoms with van der Waals surface area (Å²) in [5.74, 6) is 0.685. The molecule has 0 saturated heterocycles. The van der Waals surface area contributed by atoms with Gasteiger partial charge in [0.05, 0.1) is 4.70 Å². The van der Waals surface area contributed by atoms with E-state index in [1.807, 2.05) is 12.1 Å². The van der Waals surface area contributed by atoms with E-state index in [2.05, 4.69) is 67.6 Å². The van der Waals surface area contributed by atoms with Crippen molar-refractivity contribution in [2.75, 3.05) is 0 Å². The minimum Gasteiger partial charge on any atom is -0.536 e. The molecule has 5 aromatic rings. The van der Waals surface area contributed by atoms with Crippen LogP contribution in [0.3, 0.4) is 0 Å². The van der Waals surface area contributed by atoms with Crippen LogP contribution in [0.4, 0.5) is 0 Å². The summed E-state index contributed by atoms with van der Waals surface area (Å²) < 4.78 is 7.69. The second-order valence-corrected chi connectivity index (χ2v) is 7.75. The van der Waals surface area contributed by atoms with Crippen LogP contribution in [0.25, 0.3) is 42.1 Å². The Morgan fingerprint density at radius 1 is 0.852 bits per heavy atom. The number of rotatable bonds is 3. The summed E-state index contributed by atoms with van der Waals surface area (Å²) in [6.45, 7) is 2.10. The van der Waals surface area contributed by atoms with Gasteiger partial charge in [-0.05, 0) is 47.0 Å². The zero-order valence-corrected chi connectivity index (χ0v) is 15.6. The molecule has 0 bridgehead atoms. The van der Waals surface area contributed by atoms with Crippen molar-refractivity contribution in [2.45, 2.75) is 6.92 Å². The van der Waals surface area contributed by atoms with Crippen molar-refractivity contribution in [3.05, 3.63) is 78.4 Å². The Hall–Kier alpha value is -2.82. The van der Waals surface area contributed by atoms with Crippen LogP contribution in [0.2, 0.25) is 0 Å². The third kappa shape index (κ3) is 2.69. The number of hydrogen-bond acceptors (Lipinski definition) is 3. The molecule has 0 aliphatic rings. The van der Waals surface area contributed by atoms with Gasteiger partial charge in [0, 0.05) is 15.5 Å². The van der Waals surface area contributed by atoms with E-state index in [0.29, 0.717) is 5.75 Å². The highest BCUT2D eigenvalue weighted by molar-refractivity contribution is 7.26. The normalized spacial score (nSPS) is 11.3. The van der Waals surface area contributed by atoms with Crippen LogP contribution < -0.4 is 4.65 Å². The molecule has 0 atom stereocenters. The minimum atomic E-state index is 0.685. The van der Waals surface area contributed by atoms with E-state index in [1.165, 1.54) is 37.5 Å². The molecule has 1 N–H and O–H groups in total. The van der Waals surface area contributed by atoms with E-state index in [0.717, 1.165) is 17.8 Å². The first-order valence-corrected chi connectivity index (χ1v) is 9.64. The monoisotopic (exact) mass is 367 g/mol. The zero-order valence-electron chi connectivity index (χ0n) is 14.8. The van der Waals surface area contributed by atoms with Gasteiger partial charge in [0.2, 0.25) is 0 Å². The fraction of sp³-hybridized carbons (Fsp3) is 0.0435. The molecule has 0 amide bonds. The lowest BCUT2D eigenvalue weighted by Gasteiger charge is -2.07. The summed E-state index contributed by atoms with van der Waals surface area (Å²) in [6, 6.07) is 25.5. The van der Waals surface area contributed by atoms with E-state index in [1.54, 1.807) is 11.3 Å². The van der Waals surface area contributed by atoms with Crippen LogP contribution in [0, 0.1) is 6.92 Å². The smallest absolute Gasteiger partial charge is 0.536 e. The molecule has 0 aliphatic carbocycles. The van der Waals surface area contributed by atoms with E-state index < -0.39 is 0 Å². The van der Waals surface area contributed by atoms with Crippen molar-refractivity contribution in [1.82, 2.24) is 0 Å². The average Bonchev–Trinajstić information content (AvgIpc) is 3.08. The Morgan fingerprint density at radius 3 is 2.44 bits per heavy atom. The van der Waals surface area contributed by atoms with Crippen molar-refractivity contribution in [3.63, 3.8) is 0 Å². The van der Waals surface area contributed by atoms with Crippen LogP contribution in [-0.4, -0.2) is 12.7 Å². The summed E-state index contributed by atoms with van der Waals surface area (Å²) >= 11 is 1.69. The largest absolute Gasteiger partial charge is 0.569 e. The van der Waals surface area contributed by atoms with Crippen LogP contribution in [0.1, 0.15) is 5.56 Å². The highest BCUT2D eigenvalue weighted by atomic mass is 32.1. The van der Waals surface area contributed by atoms with Gasteiger partial charge in [-0.3, -0.25) is 0 Å². The van der Waals surface area contributed by atoms with E-state index in [4.69, 9.17) is 4.65 Å². The maximum absolute atomic E-state index is 9.20. The lowest BCUT2D eigenvalue weighted by molar-refractivity contribution is 0.457. The molecule has 1 aromatic heterocycles. The molecular formula is C23H16BO2S. The molecular weight excluding hydrogens is 351 g/mol. The van der Waals surface area contributed by atoms with Crippen molar-refractivity contribution in [2.24, 2.45) is 0 Å². The van der Waals surface area contributed by atoms with Gasteiger partial charge in [0.15, 0.2) is 0 Å². The SMILES string of the molecule is Cc1ccc(-c2ccc3sc4c(O[B]O)cc5ccccc5c4c3c2)cc1. The maximum Gasteiger partial charge on any atom is 0.569 e. The van der Waals surface area contributed by atoms with E-state index in [9.17, 15) is 5.02 Å². The molecule has 4 heteroatoms. The first kappa shape index (κ1) is 16.4. The number of thiophene rings is 1. The molecule has 129 valence electrons. The molecule has 0 spiro atoms. The molecule has 5 rings (SSSR count). The lowest BCUT2D eigenvalue weighted by atomic mass is 9.99. The molecule has 1 radical (unpaired) electrons. The Morgan fingerprint density at radius 2 is 1.63 bits per heavy atom. The van der Waals surface area contributed by atoms with Crippen LogP contribution in [-0.2, 0) is 0 Å². The van der Waals surface area contributed by atoms with Crippen molar-refractivity contribution in [3.8, 4) is 16.9 Å². The van der Waals surface area contributed by atoms with Gasteiger partial charge in [-0.1, -0.05) is 60.2 Å². The fourth-order valence-electron chi connectivity index (χ4n) is 3.67. The molecule has 0 aliphatic heterocycles. The topological polar surface area (TPSA) is 29.5 Å². The predicted molar refractivity (Wildman–Crippen MR) is 116 cm³/mol. The van der Waals surface area contributed by atoms with Crippen molar-refractivity contribution >= 4 is 50.0 Å². The molecule has 0 fully saturated rings. The number of hydrogen-bond donors (Lipinski definition) is 1. The van der Waals surface area contributed by atoms with E-state index in [-0.39, 0.29) is 0 Å². The van der Waals surface area contributed by atoms with Gasteiger partial charge in [-0.2, -0.15) is 0 Å². The third-order valence-electron chi connectivity index (χ3n) is 4.99. The van der Waals surface area contributed by atoms with Crippen molar-refractivity contribution < 1.29 is 9.68 Å². The maximum atomic E-state index is 9.20. The molecule has 2 nitrogen and oxygen atoms in total. The number of aryl methyl sites for hydroxylation is 1. The summed E-state index contributed by atoms with van der Waals surface area (Å²) in [6.07, 6.45) is 0. The van der Waals surface area contributed by atoms with Crippen LogP contribution in [0.5, 0.6) is 5.75 Å². The van der Waals surface area contributed by atoms with Crippen LogP contribution >= 0.6 is 11.3 Å². The standard InChI is InChI=1S/C23H16BO2S/c1-14-6-8-15(9-7-14)16-10-11-21-19(12-16)22-18-5-3-2-4-17(18)13-20(26-24-25)23(22)27-21/h2-13,25H,1H3. The minimum absolute atomic E-state index is 0.685. The zero-order chi connectivity index (χ0) is 18.4. The Labute approximate surface area is 162 Å². The molecule has 0 saturated carbocycles. The van der Waals surface area contributed by atoms with Gasteiger partial charge in [0.1, 0.15) is 5.75 Å². The van der Waals surface area contributed by atoms with Crippen molar-refractivity contribution in [1.29, 1.82) is 0 Å². The van der Waals surface area contributed by atoms with Gasteiger partial charge in [-0.15, -0.1) is 11.3 Å². The summed E-state index contributed by atoms with van der Waals surface area (Å²) in [4.78, 5) is 0. The average molecular weight is 367 g/mol. The summed E-state index contributed by atoms with van der Waals surface area (Å²) in [5, 5.41) is 13.9. The Bertz CT molecular complexity index is 1290. The van der Waals surface area contributed by atoms with Gasteiger partial charge in [0.25, 0.3) is 0 Å². The predicted octanol–water partition coefficient (Wildman–Crippen LogP) is 6.09. The van der Waals surface area contributed by atoms with Crippen LogP contribution in [0.15, 0.2) is 72.8 Å². The molecule has 27 heavy (non-hydrogen) atoms. The Kier molecular flexibility index (Phi) is 3.89. The molecule has 0 unspecified atom stereocenters. The quantitative estimate of drug-likeness (QED) is 0.391. The number of benzene rings is 4. The molecule has 4 aromatic carbocycles. The highest BCUT2D eigenvalue weighted by Gasteiger charge is 2.15. The summed E-state index contributed by atoms with van der Waals surface area (Å²) in [5.41, 5.74) is 3.67. The van der Waals surface area contributed by atoms with Gasteiger partial charge >= 0.3 is 7.69 Å². The lowest BCUT2D eigenvalue weighted by Crippen LogP contribution is -1.99. The van der Waals surface area contributed by atoms with Gasteiger partial charge < -0.3 is 9.68 Å². The second kappa shape index (κ2) is 6.41. The van der Waals surface area contributed by atoms with Gasteiger partial charge in [-0.25, -0.2) is 0 Å². The van der Waals surface area contributed by atoms with E-state index >= 15 is 0 Å². The third-order valence-corrected chi connectivity index (χ3v) is 6.18. The molecule has 1 heterocycles.